The first-order valence-electron chi connectivity index (χ1n) is 39.4. The second kappa shape index (κ2) is 54.2. The molecule has 0 aliphatic heterocycles. The average molecular weight is 1590 g/mol. The fourth-order valence-corrected chi connectivity index (χ4v) is 10.7. The lowest BCUT2D eigenvalue weighted by Gasteiger charge is -2.09. The normalized spacial score (nSPS) is 10.1. The number of carbonyl (C=O) groups is 6. The predicted octanol–water partition coefficient (Wildman–Crippen LogP) is 20.1. The van der Waals surface area contributed by atoms with E-state index in [0.29, 0.717) is 66.2 Å². The molecule has 0 spiro atoms. The molecule has 0 radical (unpaired) electrons. The van der Waals surface area contributed by atoms with E-state index < -0.39 is 0 Å². The number of rotatable bonds is 33. The van der Waals surface area contributed by atoms with E-state index >= 15 is 0 Å². The van der Waals surface area contributed by atoms with Crippen molar-refractivity contribution in [3.8, 4) is 40.2 Å². The Morgan fingerprint density at radius 2 is 0.678 bits per heavy atom. The van der Waals surface area contributed by atoms with E-state index in [-0.39, 0.29) is 61.9 Å². The van der Waals surface area contributed by atoms with Crippen LogP contribution < -0.4 is 55.6 Å². The van der Waals surface area contributed by atoms with Crippen molar-refractivity contribution in [2.45, 2.75) is 92.9 Å². The molecule has 6 N–H and O–H groups in total. The number of nitrogens with one attached hydrogen (secondary N) is 6. The average Bonchev–Trinajstić information content (AvgIpc) is 0.866. The number of likely N-dealkylation sites (N-methyl/N-ethyl adjacent to an activating group) is 2. The van der Waals surface area contributed by atoms with Gasteiger partial charge in [-0.2, -0.15) is 0 Å². The monoisotopic (exact) mass is 1590 g/mol. The molecule has 118 heavy (non-hydrogen) atoms. The number of para-hydroxylation sites is 2. The highest BCUT2D eigenvalue weighted by molar-refractivity contribution is 6.04. The number of aryl methyl sites for hydroxylation is 4. The molecule has 0 saturated heterocycles. The first kappa shape index (κ1) is 91.6. The highest BCUT2D eigenvalue weighted by atomic mass is 16.5. The molecule has 0 unspecified atom stereocenters. The van der Waals surface area contributed by atoms with E-state index in [0.717, 1.165) is 69.2 Å². The van der Waals surface area contributed by atoms with Gasteiger partial charge in [0.05, 0.1) is 20.3 Å². The van der Waals surface area contributed by atoms with Gasteiger partial charge in [0.15, 0.2) is 13.2 Å². The summed E-state index contributed by atoms with van der Waals surface area (Å²) < 4.78 is 37.9. The molecule has 0 bridgehead atoms. The number of ether oxygens (including phenoxy) is 7. The van der Waals surface area contributed by atoms with E-state index in [4.69, 9.17) is 33.2 Å². The first-order chi connectivity index (χ1) is 57.5. The molecule has 0 fully saturated rings. The van der Waals surface area contributed by atoms with Crippen LogP contribution >= 0.6 is 0 Å². The highest BCUT2D eigenvalue weighted by Crippen LogP contribution is 2.26. The van der Waals surface area contributed by atoms with Gasteiger partial charge in [0, 0.05) is 48.3 Å². The summed E-state index contributed by atoms with van der Waals surface area (Å²) in [5.74, 6) is 4.45. The van der Waals surface area contributed by atoms with Crippen LogP contribution in [0.1, 0.15) is 106 Å². The molecule has 612 valence electrons. The van der Waals surface area contributed by atoms with E-state index in [1.165, 1.54) is 36.8 Å². The first-order valence-corrected chi connectivity index (χ1v) is 39.4. The molecule has 0 saturated carbocycles. The number of benzene rings is 12. The third-order valence-corrected chi connectivity index (χ3v) is 17.0. The van der Waals surface area contributed by atoms with Gasteiger partial charge in [-0.05, 0) is 231 Å². The van der Waals surface area contributed by atoms with E-state index in [1.54, 1.807) is 38.4 Å². The number of unbranched alkanes of at least 4 members (excludes halogenated alkanes) is 2. The molecular weight excluding hydrogens is 1480 g/mol. The number of amides is 6. The summed E-state index contributed by atoms with van der Waals surface area (Å²) >= 11 is 0. The molecule has 0 aromatic heterocycles. The van der Waals surface area contributed by atoms with Gasteiger partial charge in [-0.3, -0.25) is 28.8 Å². The topological polar surface area (TPSA) is 239 Å². The Balaban J connectivity index is 0.000000199. The Morgan fingerprint density at radius 3 is 1.08 bits per heavy atom. The summed E-state index contributed by atoms with van der Waals surface area (Å²) in [5.41, 5.74) is 11.6. The molecule has 12 rings (SSSR count). The van der Waals surface area contributed by atoms with Crippen molar-refractivity contribution >= 4 is 52.5 Å². The largest absolute Gasteiger partial charge is 0.497 e. The van der Waals surface area contributed by atoms with Crippen molar-refractivity contribution in [3.05, 3.63) is 372 Å². The van der Waals surface area contributed by atoms with Crippen LogP contribution in [0, 0.1) is 13.8 Å². The van der Waals surface area contributed by atoms with Gasteiger partial charge < -0.3 is 65.1 Å². The van der Waals surface area contributed by atoms with E-state index in [9.17, 15) is 28.8 Å². The van der Waals surface area contributed by atoms with Crippen LogP contribution in [-0.2, 0) is 61.3 Å². The summed E-state index contributed by atoms with van der Waals surface area (Å²) in [7, 11) is 3.21. The lowest BCUT2D eigenvalue weighted by Crippen LogP contribution is -2.28. The second-order valence-corrected chi connectivity index (χ2v) is 26.7. The summed E-state index contributed by atoms with van der Waals surface area (Å²) in [6.07, 6.45) is 6.90. The van der Waals surface area contributed by atoms with Crippen LogP contribution in [0.3, 0.4) is 0 Å². The molecule has 0 atom stereocenters. The SMILES string of the molecule is CCCCc1ccc(C(=O)NCc2ccccc2)cc1.CCCCc1ccc(C(=O)Nc2ccc(OC)cc2)cc1.CCNC(=O)COc1ccccc1.CNC(=O)COCc1ccccc1.Cc1cccc(Oc2ccc(NC(=O)COCc3ccccc3)cc2)c1.Cc1cccc(Oc2ccc(NC(=O)COc3ccccc3)cc2)c1. The summed E-state index contributed by atoms with van der Waals surface area (Å²) in [5, 5.41) is 16.6. The maximum Gasteiger partial charge on any atom is 0.262 e. The van der Waals surface area contributed by atoms with Gasteiger partial charge in [-0.1, -0.05) is 203 Å². The van der Waals surface area contributed by atoms with Crippen molar-refractivity contribution in [2.75, 3.05) is 63.1 Å². The van der Waals surface area contributed by atoms with Crippen LogP contribution in [0.2, 0.25) is 0 Å². The second-order valence-electron chi connectivity index (χ2n) is 26.7. The van der Waals surface area contributed by atoms with Crippen LogP contribution in [0.5, 0.6) is 40.2 Å². The standard InChI is InChI=1S/C22H21NO3.C21H19NO3.C18H21NO2.C18H21NO.2C10H13NO2/c1-17-6-5-9-21(14-17)26-20-12-10-19(11-13-20)23-22(24)16-25-15-18-7-3-2-4-8-18;1-16-6-5-9-20(14-16)25-19-12-10-17(11-13-19)22-21(23)15-24-18-7-3-2-4-8-18;1-3-4-5-14-6-8-15(9-7-14)18(20)19-16-10-12-17(21-2)13-11-16;1-2-3-7-15-10-12-17(13-11-15)18(20)19-14-16-8-5-4-6-9-16;1-11-10(12)8-13-7-9-5-3-2-4-6-9;1-2-11-10(12)8-13-9-6-4-3-5-7-9/h2-14H,15-16H2,1H3,(H,23,24);2-14H,15H2,1H3,(H,22,23);6-13H,3-5H2,1-2H3,(H,19,20);4-6,8-13H,2-3,7,14H2,1H3,(H,19,20);2-6H,7-8H2,1H3,(H,11,12);3-7H,2,8H2,1H3,(H,11,12). The third-order valence-electron chi connectivity index (χ3n) is 17.0. The minimum atomic E-state index is -0.212. The molecule has 0 aliphatic carbocycles. The zero-order chi connectivity index (χ0) is 84.0. The Labute approximate surface area is 694 Å². The molecule has 19 nitrogen and oxygen atoms in total. The minimum Gasteiger partial charge on any atom is -0.497 e. The van der Waals surface area contributed by atoms with Gasteiger partial charge in [-0.25, -0.2) is 0 Å². The van der Waals surface area contributed by atoms with E-state index in [1.807, 2.05) is 318 Å². The fraction of sp³-hybridized carbons (Fsp3) is 0.212. The Kier molecular flexibility index (Phi) is 42.1. The smallest absolute Gasteiger partial charge is 0.262 e. The summed E-state index contributed by atoms with van der Waals surface area (Å²) in [6.45, 7) is 12.5. The fourth-order valence-electron chi connectivity index (χ4n) is 10.7. The zero-order valence-corrected chi connectivity index (χ0v) is 68.3. The van der Waals surface area contributed by atoms with Crippen molar-refractivity contribution in [3.63, 3.8) is 0 Å². The molecule has 12 aromatic rings. The molecular formula is C99H108N6O13. The molecule has 12 aromatic carbocycles. The lowest BCUT2D eigenvalue weighted by atomic mass is 10.1. The molecule has 6 amide bonds. The van der Waals surface area contributed by atoms with Crippen molar-refractivity contribution < 1.29 is 61.9 Å². The van der Waals surface area contributed by atoms with Crippen LogP contribution in [0.15, 0.2) is 322 Å². The van der Waals surface area contributed by atoms with Crippen LogP contribution in [0.25, 0.3) is 0 Å². The van der Waals surface area contributed by atoms with Gasteiger partial charge in [0.2, 0.25) is 11.8 Å². The number of hydrogen-bond acceptors (Lipinski definition) is 13. The molecule has 19 heteroatoms. The van der Waals surface area contributed by atoms with Gasteiger partial charge >= 0.3 is 0 Å². The van der Waals surface area contributed by atoms with Crippen LogP contribution in [0.4, 0.5) is 17.1 Å². The quantitative estimate of drug-likeness (QED) is 0.0225. The maximum absolute atomic E-state index is 12.2. The summed E-state index contributed by atoms with van der Waals surface area (Å²) in [4.78, 5) is 69.8. The third kappa shape index (κ3) is 38.0. The van der Waals surface area contributed by atoms with Crippen molar-refractivity contribution in [1.82, 2.24) is 16.0 Å². The number of methoxy groups -OCH3 is 1. The Hall–Kier alpha value is -13.6. The van der Waals surface area contributed by atoms with Crippen LogP contribution in [-0.4, -0.2) is 82.6 Å². The minimum absolute atomic E-state index is 0.0104. The number of anilines is 3. The molecule has 0 aliphatic rings. The lowest BCUT2D eigenvalue weighted by molar-refractivity contribution is -0.125. The predicted molar refractivity (Wildman–Crippen MR) is 470 cm³/mol. The van der Waals surface area contributed by atoms with Gasteiger partial charge in [-0.15, -0.1) is 0 Å². The Bertz CT molecular complexity index is 4840. The zero-order valence-electron chi connectivity index (χ0n) is 68.3. The Morgan fingerprint density at radius 1 is 0.314 bits per heavy atom. The van der Waals surface area contributed by atoms with Gasteiger partial charge in [0.1, 0.15) is 53.5 Å². The summed E-state index contributed by atoms with van der Waals surface area (Å²) in [6, 6.07) is 101. The van der Waals surface area contributed by atoms with Gasteiger partial charge in [0.25, 0.3) is 23.6 Å². The maximum atomic E-state index is 12.2. The molecule has 0 heterocycles. The van der Waals surface area contributed by atoms with Crippen molar-refractivity contribution in [2.24, 2.45) is 0 Å². The highest BCUT2D eigenvalue weighted by Gasteiger charge is 2.11. The number of carbonyl (C=O) groups excluding carboxylic acids is 6. The van der Waals surface area contributed by atoms with E-state index in [2.05, 4.69) is 45.7 Å². The van der Waals surface area contributed by atoms with Crippen molar-refractivity contribution in [1.29, 1.82) is 0 Å². The number of hydrogen-bond donors (Lipinski definition) is 6.